The van der Waals surface area contributed by atoms with Crippen LogP contribution in [0, 0.1) is 6.92 Å². The van der Waals surface area contributed by atoms with E-state index in [0.717, 1.165) is 22.3 Å². The summed E-state index contributed by atoms with van der Waals surface area (Å²) in [5.41, 5.74) is 6.48. The number of hydrogen-bond donors (Lipinski definition) is 2. The van der Waals surface area contributed by atoms with Crippen LogP contribution in [0.5, 0.6) is 0 Å². The number of carbonyl (C=O) groups is 1. The maximum atomic E-state index is 13.7. The van der Waals surface area contributed by atoms with Crippen molar-refractivity contribution in [2.75, 3.05) is 19.8 Å². The number of aliphatic hydroxyl groups excluding tert-OH is 1. The lowest BCUT2D eigenvalue weighted by atomic mass is 9.98. The highest BCUT2D eigenvalue weighted by Gasteiger charge is 2.31. The molecule has 1 atom stereocenters. The number of benzene rings is 4. The lowest BCUT2D eigenvalue weighted by Crippen LogP contribution is -2.42. The number of aryl methyl sites for hydroxylation is 1. The standard InChI is InChI=1S/C35H38N2O5S/c1-26-18-20-29(21-19-26)43(40,41)37(23-27-11-3-2-4-12-27)28(24-38)13-9-10-22-36-35(39)42-25-34-32-16-7-5-14-30(32)31-15-6-8-17-33(31)34/h2-8,11-12,14-21,28,34,38H,9-10,13,22-25H2,1H3,(H,36,39)/t28-/m0/s1. The summed E-state index contributed by atoms with van der Waals surface area (Å²) in [5.74, 6) is -0.00506. The first-order valence-electron chi connectivity index (χ1n) is 14.7. The monoisotopic (exact) mass is 598 g/mol. The van der Waals surface area contributed by atoms with E-state index in [1.807, 2.05) is 61.5 Å². The molecular formula is C35H38N2O5S. The third kappa shape index (κ3) is 7.16. The minimum absolute atomic E-state index is 0.00506. The van der Waals surface area contributed by atoms with Crippen molar-refractivity contribution in [3.8, 4) is 11.1 Å². The van der Waals surface area contributed by atoms with Crippen LogP contribution in [0.1, 0.15) is 47.4 Å². The Bertz CT molecular complexity index is 1580. The Kier molecular flexibility index (Phi) is 9.92. The fourth-order valence-corrected chi connectivity index (χ4v) is 7.32. The molecule has 0 fully saturated rings. The average molecular weight is 599 g/mol. The lowest BCUT2D eigenvalue weighted by Gasteiger charge is -2.30. The minimum atomic E-state index is -3.86. The molecule has 1 amide bonds. The molecule has 1 aliphatic carbocycles. The van der Waals surface area contributed by atoms with Gasteiger partial charge in [-0.15, -0.1) is 0 Å². The van der Waals surface area contributed by atoms with Gasteiger partial charge < -0.3 is 15.2 Å². The molecular weight excluding hydrogens is 560 g/mol. The summed E-state index contributed by atoms with van der Waals surface area (Å²) in [4.78, 5) is 12.7. The number of unbranched alkanes of at least 4 members (excludes halogenated alkanes) is 1. The van der Waals surface area contributed by atoms with Crippen LogP contribution in [-0.4, -0.2) is 49.7 Å². The van der Waals surface area contributed by atoms with E-state index >= 15 is 0 Å². The highest BCUT2D eigenvalue weighted by Crippen LogP contribution is 2.44. The molecule has 7 nitrogen and oxygen atoms in total. The van der Waals surface area contributed by atoms with Gasteiger partial charge in [-0.05, 0) is 59.7 Å². The topological polar surface area (TPSA) is 95.9 Å². The zero-order valence-corrected chi connectivity index (χ0v) is 25.2. The summed E-state index contributed by atoms with van der Waals surface area (Å²) >= 11 is 0. The van der Waals surface area contributed by atoms with E-state index < -0.39 is 22.2 Å². The quantitative estimate of drug-likeness (QED) is 0.177. The van der Waals surface area contributed by atoms with E-state index in [0.29, 0.717) is 25.8 Å². The number of ether oxygens (including phenoxy) is 1. The van der Waals surface area contributed by atoms with Crippen molar-refractivity contribution >= 4 is 16.1 Å². The van der Waals surface area contributed by atoms with Crippen LogP contribution in [-0.2, 0) is 21.3 Å². The molecule has 8 heteroatoms. The first-order valence-corrected chi connectivity index (χ1v) is 16.1. The summed E-state index contributed by atoms with van der Waals surface area (Å²) in [6, 6.07) is 31.9. The van der Waals surface area contributed by atoms with Crippen molar-refractivity contribution in [3.05, 3.63) is 125 Å². The largest absolute Gasteiger partial charge is 0.449 e. The smallest absolute Gasteiger partial charge is 0.407 e. The van der Waals surface area contributed by atoms with Crippen molar-refractivity contribution in [2.24, 2.45) is 0 Å². The summed E-state index contributed by atoms with van der Waals surface area (Å²) in [6.07, 6.45) is 1.20. The van der Waals surface area contributed by atoms with Crippen molar-refractivity contribution in [2.45, 2.75) is 49.6 Å². The number of nitrogens with one attached hydrogen (secondary N) is 1. The Morgan fingerprint density at radius 1 is 0.860 bits per heavy atom. The maximum Gasteiger partial charge on any atom is 0.407 e. The maximum absolute atomic E-state index is 13.7. The predicted octanol–water partition coefficient (Wildman–Crippen LogP) is 6.26. The predicted molar refractivity (Wildman–Crippen MR) is 168 cm³/mol. The average Bonchev–Trinajstić information content (AvgIpc) is 3.35. The molecule has 2 N–H and O–H groups in total. The lowest BCUT2D eigenvalue weighted by molar-refractivity contribution is 0.142. The van der Waals surface area contributed by atoms with Gasteiger partial charge in [0.1, 0.15) is 6.61 Å². The SMILES string of the molecule is Cc1ccc(S(=O)(=O)N(Cc2ccccc2)[C@H](CO)CCCCNC(=O)OCC2c3ccccc3-c3ccccc32)cc1. The molecule has 1 aliphatic rings. The summed E-state index contributed by atoms with van der Waals surface area (Å²) in [7, 11) is -3.86. The number of rotatable bonds is 13. The molecule has 224 valence electrons. The number of alkyl carbamates (subject to hydrolysis) is 1. The molecule has 5 rings (SSSR count). The van der Waals surface area contributed by atoms with Crippen LogP contribution in [0.4, 0.5) is 4.79 Å². The van der Waals surface area contributed by atoms with Gasteiger partial charge in [-0.3, -0.25) is 0 Å². The van der Waals surface area contributed by atoms with Crippen molar-refractivity contribution in [1.82, 2.24) is 9.62 Å². The first-order chi connectivity index (χ1) is 20.9. The second kappa shape index (κ2) is 14.0. The van der Waals surface area contributed by atoms with Crippen LogP contribution in [0.25, 0.3) is 11.1 Å². The molecule has 0 spiro atoms. The molecule has 0 saturated carbocycles. The minimum Gasteiger partial charge on any atom is -0.449 e. The first kappa shape index (κ1) is 30.5. The summed E-state index contributed by atoms with van der Waals surface area (Å²) < 4.78 is 34.4. The Morgan fingerprint density at radius 2 is 1.47 bits per heavy atom. The molecule has 0 saturated heterocycles. The van der Waals surface area contributed by atoms with Crippen molar-refractivity contribution in [1.29, 1.82) is 0 Å². The van der Waals surface area contributed by atoms with Gasteiger partial charge in [0.15, 0.2) is 0 Å². The van der Waals surface area contributed by atoms with E-state index in [9.17, 15) is 18.3 Å². The van der Waals surface area contributed by atoms with Crippen LogP contribution in [0.15, 0.2) is 108 Å². The third-order valence-electron chi connectivity index (χ3n) is 8.00. The van der Waals surface area contributed by atoms with E-state index in [-0.39, 0.29) is 30.6 Å². The summed E-state index contributed by atoms with van der Waals surface area (Å²) in [6.45, 7) is 2.39. The van der Waals surface area contributed by atoms with Crippen LogP contribution in [0.2, 0.25) is 0 Å². The Morgan fingerprint density at radius 3 is 2.09 bits per heavy atom. The van der Waals surface area contributed by atoms with Gasteiger partial charge in [-0.2, -0.15) is 4.31 Å². The van der Waals surface area contributed by atoms with Gasteiger partial charge in [-0.25, -0.2) is 13.2 Å². The summed E-state index contributed by atoms with van der Waals surface area (Å²) in [5, 5.41) is 13.1. The van der Waals surface area contributed by atoms with E-state index in [1.54, 1.807) is 24.3 Å². The van der Waals surface area contributed by atoms with Gasteiger partial charge in [0.2, 0.25) is 10.0 Å². The van der Waals surface area contributed by atoms with Gasteiger partial charge in [0, 0.05) is 25.0 Å². The molecule has 4 aromatic rings. The molecule has 0 bridgehead atoms. The molecule has 43 heavy (non-hydrogen) atoms. The third-order valence-corrected chi connectivity index (χ3v) is 9.92. The van der Waals surface area contributed by atoms with Crippen molar-refractivity contribution in [3.63, 3.8) is 0 Å². The Labute approximate surface area is 254 Å². The highest BCUT2D eigenvalue weighted by atomic mass is 32.2. The van der Waals surface area contributed by atoms with Gasteiger partial charge in [0.05, 0.1) is 11.5 Å². The zero-order chi connectivity index (χ0) is 30.2. The number of nitrogens with zero attached hydrogens (tertiary/aromatic N) is 1. The van der Waals surface area contributed by atoms with E-state index in [1.165, 1.54) is 15.4 Å². The number of amides is 1. The Balaban J connectivity index is 1.15. The molecule has 0 heterocycles. The van der Waals surface area contributed by atoms with Crippen LogP contribution < -0.4 is 5.32 Å². The molecule has 0 aromatic heterocycles. The van der Waals surface area contributed by atoms with Crippen molar-refractivity contribution < 1.29 is 23.1 Å². The zero-order valence-electron chi connectivity index (χ0n) is 24.4. The van der Waals surface area contributed by atoms with Gasteiger partial charge in [-0.1, -0.05) is 103 Å². The fourth-order valence-electron chi connectivity index (χ4n) is 5.69. The fraction of sp³-hybridized carbons (Fsp3) is 0.286. The number of hydrogen-bond acceptors (Lipinski definition) is 5. The molecule has 4 aromatic carbocycles. The number of aliphatic hydroxyl groups is 1. The molecule has 0 radical (unpaired) electrons. The second-order valence-electron chi connectivity index (χ2n) is 10.9. The number of carbonyl (C=O) groups excluding carboxylic acids is 1. The molecule has 0 aliphatic heterocycles. The van der Waals surface area contributed by atoms with Crippen LogP contribution >= 0.6 is 0 Å². The van der Waals surface area contributed by atoms with Crippen LogP contribution in [0.3, 0.4) is 0 Å². The highest BCUT2D eigenvalue weighted by molar-refractivity contribution is 7.89. The second-order valence-corrected chi connectivity index (χ2v) is 12.8. The van der Waals surface area contributed by atoms with E-state index in [2.05, 4.69) is 29.6 Å². The molecule has 0 unspecified atom stereocenters. The number of fused-ring (bicyclic) bond motifs is 3. The van der Waals surface area contributed by atoms with E-state index in [4.69, 9.17) is 4.74 Å². The normalized spacial score (nSPS) is 13.4. The Hall–Kier alpha value is -3.98. The van der Waals surface area contributed by atoms with Gasteiger partial charge >= 0.3 is 6.09 Å². The number of sulfonamides is 1. The van der Waals surface area contributed by atoms with Gasteiger partial charge in [0.25, 0.3) is 0 Å².